The Morgan fingerprint density at radius 3 is 2.87 bits per heavy atom. The van der Waals surface area contributed by atoms with Gasteiger partial charge in [-0.05, 0) is 18.2 Å². The van der Waals surface area contributed by atoms with Crippen LogP contribution in [0.15, 0.2) is 24.4 Å². The van der Waals surface area contributed by atoms with Crippen molar-refractivity contribution in [1.82, 2.24) is 4.98 Å². The fourth-order valence-electron chi connectivity index (χ4n) is 1.17. The summed E-state index contributed by atoms with van der Waals surface area (Å²) < 4.78 is 12.8. The number of aliphatic hydroxyl groups is 1. The molecule has 0 atom stereocenters. The minimum absolute atomic E-state index is 0.0452. The molecular formula is C10H7ClFNOS. The van der Waals surface area contributed by atoms with Gasteiger partial charge >= 0.3 is 0 Å². The second-order valence-corrected chi connectivity index (χ2v) is 4.44. The van der Waals surface area contributed by atoms with Crippen LogP contribution in [0.25, 0.3) is 10.6 Å². The number of rotatable bonds is 2. The van der Waals surface area contributed by atoms with Crippen molar-refractivity contribution in [3.63, 3.8) is 0 Å². The number of hydrogen-bond donors (Lipinski definition) is 1. The highest BCUT2D eigenvalue weighted by atomic mass is 35.5. The molecule has 0 saturated carbocycles. The van der Waals surface area contributed by atoms with Gasteiger partial charge in [-0.2, -0.15) is 0 Å². The molecule has 1 N–H and O–H groups in total. The van der Waals surface area contributed by atoms with Gasteiger partial charge in [0.1, 0.15) is 10.8 Å². The Balaban J connectivity index is 2.44. The monoisotopic (exact) mass is 243 g/mol. The Hall–Kier alpha value is -0.970. The van der Waals surface area contributed by atoms with E-state index < -0.39 is 0 Å². The smallest absolute Gasteiger partial charge is 0.125 e. The number of halogens is 2. The zero-order valence-corrected chi connectivity index (χ0v) is 9.15. The third kappa shape index (κ3) is 2.17. The minimum atomic E-state index is -0.373. The molecule has 0 spiro atoms. The van der Waals surface area contributed by atoms with Crippen LogP contribution in [-0.2, 0) is 6.61 Å². The van der Waals surface area contributed by atoms with Gasteiger partial charge in [0.05, 0.1) is 16.5 Å². The van der Waals surface area contributed by atoms with E-state index >= 15 is 0 Å². The summed E-state index contributed by atoms with van der Waals surface area (Å²) in [5.74, 6) is -0.373. The predicted octanol–water partition coefficient (Wildman–Crippen LogP) is 3.09. The van der Waals surface area contributed by atoms with Crippen molar-refractivity contribution in [3.8, 4) is 10.6 Å². The molecule has 78 valence electrons. The quantitative estimate of drug-likeness (QED) is 0.879. The molecule has 0 saturated heterocycles. The first-order valence-electron chi connectivity index (χ1n) is 4.21. The maximum atomic E-state index is 12.8. The first-order chi connectivity index (χ1) is 7.20. The molecule has 2 rings (SSSR count). The fourth-order valence-corrected chi connectivity index (χ4v) is 2.29. The molecule has 0 unspecified atom stereocenters. The average molecular weight is 244 g/mol. The van der Waals surface area contributed by atoms with Gasteiger partial charge in [0.15, 0.2) is 0 Å². The van der Waals surface area contributed by atoms with E-state index in [9.17, 15) is 4.39 Å². The van der Waals surface area contributed by atoms with E-state index in [1.54, 1.807) is 12.3 Å². The molecule has 2 aromatic rings. The Morgan fingerprint density at radius 2 is 2.27 bits per heavy atom. The van der Waals surface area contributed by atoms with Crippen molar-refractivity contribution in [2.75, 3.05) is 0 Å². The molecule has 0 fully saturated rings. The number of aliphatic hydroxyl groups excluding tert-OH is 1. The van der Waals surface area contributed by atoms with Crippen LogP contribution in [-0.4, -0.2) is 10.1 Å². The van der Waals surface area contributed by atoms with Crippen molar-refractivity contribution in [2.45, 2.75) is 6.61 Å². The summed E-state index contributed by atoms with van der Waals surface area (Å²) in [5.41, 5.74) is 0.683. The standard InChI is InChI=1S/C10H7ClFNOS/c11-9-3-6(12)1-2-8(9)10-13-4-7(5-14)15-10/h1-4,14H,5H2. The molecule has 0 bridgehead atoms. The molecule has 2 nitrogen and oxygen atoms in total. The van der Waals surface area contributed by atoms with Crippen LogP contribution in [0.5, 0.6) is 0 Å². The number of thiazole rings is 1. The number of benzene rings is 1. The van der Waals surface area contributed by atoms with Crippen molar-refractivity contribution < 1.29 is 9.50 Å². The third-order valence-electron chi connectivity index (χ3n) is 1.87. The van der Waals surface area contributed by atoms with Gasteiger partial charge in [0.2, 0.25) is 0 Å². The second kappa shape index (κ2) is 4.26. The minimum Gasteiger partial charge on any atom is -0.391 e. The highest BCUT2D eigenvalue weighted by Gasteiger charge is 2.08. The summed E-state index contributed by atoms with van der Waals surface area (Å²) in [6.07, 6.45) is 1.58. The maximum absolute atomic E-state index is 12.8. The topological polar surface area (TPSA) is 33.1 Å². The molecule has 15 heavy (non-hydrogen) atoms. The lowest BCUT2D eigenvalue weighted by atomic mass is 10.2. The van der Waals surface area contributed by atoms with E-state index in [1.807, 2.05) is 0 Å². The second-order valence-electron chi connectivity index (χ2n) is 2.91. The fraction of sp³-hybridized carbons (Fsp3) is 0.100. The molecule has 0 aliphatic carbocycles. The van der Waals surface area contributed by atoms with Gasteiger partial charge in [0.25, 0.3) is 0 Å². The van der Waals surface area contributed by atoms with Crippen molar-refractivity contribution in [1.29, 1.82) is 0 Å². The van der Waals surface area contributed by atoms with Crippen LogP contribution in [0.4, 0.5) is 4.39 Å². The first-order valence-corrected chi connectivity index (χ1v) is 5.41. The Morgan fingerprint density at radius 1 is 1.47 bits per heavy atom. The Kier molecular flexibility index (Phi) is 3.00. The molecule has 0 aliphatic rings. The van der Waals surface area contributed by atoms with E-state index in [4.69, 9.17) is 16.7 Å². The van der Waals surface area contributed by atoms with Crippen LogP contribution in [0.2, 0.25) is 5.02 Å². The van der Waals surface area contributed by atoms with Crippen LogP contribution in [0.1, 0.15) is 4.88 Å². The summed E-state index contributed by atoms with van der Waals surface area (Å²) in [6, 6.07) is 4.16. The van der Waals surface area contributed by atoms with Crippen LogP contribution < -0.4 is 0 Å². The lowest BCUT2D eigenvalue weighted by molar-refractivity contribution is 0.285. The van der Waals surface area contributed by atoms with E-state index in [-0.39, 0.29) is 12.4 Å². The molecule has 1 aromatic heterocycles. The molecule has 0 radical (unpaired) electrons. The molecular weight excluding hydrogens is 237 g/mol. The zero-order valence-electron chi connectivity index (χ0n) is 7.58. The average Bonchev–Trinajstić information content (AvgIpc) is 2.66. The lowest BCUT2D eigenvalue weighted by Gasteiger charge is -1.99. The zero-order chi connectivity index (χ0) is 10.8. The summed E-state index contributed by atoms with van der Waals surface area (Å²) in [6.45, 7) is -0.0452. The van der Waals surface area contributed by atoms with Crippen molar-refractivity contribution in [2.24, 2.45) is 0 Å². The van der Waals surface area contributed by atoms with Crippen molar-refractivity contribution in [3.05, 3.63) is 40.1 Å². The molecule has 0 aliphatic heterocycles. The maximum Gasteiger partial charge on any atom is 0.125 e. The van der Waals surface area contributed by atoms with Gasteiger partial charge in [-0.1, -0.05) is 11.6 Å². The largest absolute Gasteiger partial charge is 0.391 e. The Labute approximate surface area is 95.0 Å². The third-order valence-corrected chi connectivity index (χ3v) is 3.20. The highest BCUT2D eigenvalue weighted by molar-refractivity contribution is 7.15. The van der Waals surface area contributed by atoms with Crippen LogP contribution in [0.3, 0.4) is 0 Å². The first kappa shape index (κ1) is 10.5. The lowest BCUT2D eigenvalue weighted by Crippen LogP contribution is -1.79. The summed E-state index contributed by atoms with van der Waals surface area (Å²) in [7, 11) is 0. The molecule has 1 heterocycles. The summed E-state index contributed by atoms with van der Waals surface area (Å²) in [4.78, 5) is 4.85. The van der Waals surface area contributed by atoms with E-state index in [1.165, 1.54) is 23.5 Å². The van der Waals surface area contributed by atoms with E-state index in [0.29, 0.717) is 15.6 Å². The predicted molar refractivity (Wildman–Crippen MR) is 58.4 cm³/mol. The summed E-state index contributed by atoms with van der Waals surface area (Å²) >= 11 is 7.22. The Bertz CT molecular complexity index is 486. The van der Waals surface area contributed by atoms with Gasteiger partial charge in [-0.15, -0.1) is 11.3 Å². The van der Waals surface area contributed by atoms with E-state index in [0.717, 1.165) is 4.88 Å². The van der Waals surface area contributed by atoms with Gasteiger partial charge in [-0.25, -0.2) is 9.37 Å². The summed E-state index contributed by atoms with van der Waals surface area (Å²) in [5, 5.41) is 9.90. The van der Waals surface area contributed by atoms with E-state index in [2.05, 4.69) is 4.98 Å². The number of hydrogen-bond acceptors (Lipinski definition) is 3. The van der Waals surface area contributed by atoms with Gasteiger partial charge in [-0.3, -0.25) is 0 Å². The SMILES string of the molecule is OCc1cnc(-c2ccc(F)cc2Cl)s1. The molecule has 0 amide bonds. The van der Waals surface area contributed by atoms with Gasteiger partial charge < -0.3 is 5.11 Å². The van der Waals surface area contributed by atoms with Crippen LogP contribution >= 0.6 is 22.9 Å². The molecule has 5 heteroatoms. The normalized spacial score (nSPS) is 10.6. The van der Waals surface area contributed by atoms with Crippen LogP contribution in [0, 0.1) is 5.82 Å². The van der Waals surface area contributed by atoms with Gasteiger partial charge in [0, 0.05) is 11.8 Å². The number of aromatic nitrogens is 1. The highest BCUT2D eigenvalue weighted by Crippen LogP contribution is 2.31. The number of nitrogens with zero attached hydrogens (tertiary/aromatic N) is 1. The molecule has 1 aromatic carbocycles. The van der Waals surface area contributed by atoms with Crippen molar-refractivity contribution >= 4 is 22.9 Å².